The van der Waals surface area contributed by atoms with Crippen LogP contribution in [0.4, 0.5) is 5.69 Å². The van der Waals surface area contributed by atoms with Crippen LogP contribution in [0.15, 0.2) is 18.3 Å². The van der Waals surface area contributed by atoms with Crippen molar-refractivity contribution in [2.75, 3.05) is 25.1 Å². The highest BCUT2D eigenvalue weighted by Gasteiger charge is 2.31. The van der Waals surface area contributed by atoms with E-state index >= 15 is 0 Å². The molecular weight excluding hydrogens is 238 g/mol. The van der Waals surface area contributed by atoms with Gasteiger partial charge in [-0.2, -0.15) is 0 Å². The number of nitrogens with zero attached hydrogens (tertiary/aromatic N) is 2. The summed E-state index contributed by atoms with van der Waals surface area (Å²) >= 11 is 0. The van der Waals surface area contributed by atoms with Crippen LogP contribution in [0, 0.1) is 0 Å². The standard InChI is InChI=1S/C15H23N3O/c1-19-15-11-12(7-9-17-15)18-10-3-2-6-14(18)13-5-4-8-16-13/h7,9,11,13-14,16H,2-6,8,10H2,1H3. The fraction of sp³-hybridized carbons (Fsp3) is 0.667. The Bertz CT molecular complexity index is 418. The van der Waals surface area contributed by atoms with E-state index in [9.17, 15) is 0 Å². The Labute approximate surface area is 115 Å². The molecule has 0 aliphatic carbocycles. The SMILES string of the molecule is COc1cc(N2CCCCC2C2CCCN2)ccn1. The summed E-state index contributed by atoms with van der Waals surface area (Å²) in [6.45, 7) is 2.32. The molecule has 0 bridgehead atoms. The van der Waals surface area contributed by atoms with Gasteiger partial charge in [-0.05, 0) is 44.7 Å². The molecule has 19 heavy (non-hydrogen) atoms. The van der Waals surface area contributed by atoms with Gasteiger partial charge in [-0.3, -0.25) is 0 Å². The molecule has 0 amide bonds. The maximum atomic E-state index is 5.25. The van der Waals surface area contributed by atoms with E-state index in [1.165, 1.54) is 44.3 Å². The van der Waals surface area contributed by atoms with Crippen molar-refractivity contribution in [3.05, 3.63) is 18.3 Å². The molecule has 2 unspecified atom stereocenters. The highest BCUT2D eigenvalue weighted by atomic mass is 16.5. The molecule has 1 aromatic heterocycles. The molecule has 2 aliphatic heterocycles. The van der Waals surface area contributed by atoms with Crippen LogP contribution < -0.4 is 15.0 Å². The first-order valence-corrected chi connectivity index (χ1v) is 7.38. The first-order valence-electron chi connectivity index (χ1n) is 7.38. The zero-order valence-corrected chi connectivity index (χ0v) is 11.6. The number of piperidine rings is 1. The molecule has 4 heteroatoms. The predicted octanol–water partition coefficient (Wildman–Crippen LogP) is 2.20. The molecule has 3 heterocycles. The van der Waals surface area contributed by atoms with Gasteiger partial charge in [-0.1, -0.05) is 0 Å². The molecule has 1 aromatic rings. The first-order chi connectivity index (χ1) is 9.38. The molecular formula is C15H23N3O. The van der Waals surface area contributed by atoms with Crippen molar-refractivity contribution in [1.29, 1.82) is 0 Å². The van der Waals surface area contributed by atoms with E-state index in [-0.39, 0.29) is 0 Å². The summed E-state index contributed by atoms with van der Waals surface area (Å²) in [6, 6.07) is 5.45. The molecule has 1 N–H and O–H groups in total. The number of hydrogen-bond acceptors (Lipinski definition) is 4. The summed E-state index contributed by atoms with van der Waals surface area (Å²) in [7, 11) is 1.68. The smallest absolute Gasteiger partial charge is 0.214 e. The molecule has 0 saturated carbocycles. The molecule has 0 spiro atoms. The Kier molecular flexibility index (Phi) is 3.87. The van der Waals surface area contributed by atoms with E-state index in [4.69, 9.17) is 4.74 Å². The van der Waals surface area contributed by atoms with Gasteiger partial charge in [0.05, 0.1) is 7.11 Å². The van der Waals surface area contributed by atoms with Crippen molar-refractivity contribution >= 4 is 5.69 Å². The fourth-order valence-electron chi connectivity index (χ4n) is 3.43. The molecule has 2 aliphatic rings. The number of hydrogen-bond donors (Lipinski definition) is 1. The number of ether oxygens (including phenoxy) is 1. The number of aromatic nitrogens is 1. The van der Waals surface area contributed by atoms with E-state index < -0.39 is 0 Å². The molecule has 4 nitrogen and oxygen atoms in total. The number of methoxy groups -OCH3 is 1. The van der Waals surface area contributed by atoms with Crippen molar-refractivity contribution in [1.82, 2.24) is 10.3 Å². The lowest BCUT2D eigenvalue weighted by Gasteiger charge is -2.41. The Morgan fingerprint density at radius 1 is 1.32 bits per heavy atom. The normalized spacial score (nSPS) is 27.5. The van der Waals surface area contributed by atoms with Gasteiger partial charge in [-0.25, -0.2) is 4.98 Å². The van der Waals surface area contributed by atoms with Gasteiger partial charge < -0.3 is 15.0 Å². The van der Waals surface area contributed by atoms with Crippen LogP contribution in [0.1, 0.15) is 32.1 Å². The highest BCUT2D eigenvalue weighted by molar-refractivity contribution is 5.50. The van der Waals surface area contributed by atoms with Crippen LogP contribution in [-0.4, -0.2) is 37.3 Å². The van der Waals surface area contributed by atoms with Gasteiger partial charge in [-0.15, -0.1) is 0 Å². The Balaban J connectivity index is 1.82. The monoisotopic (exact) mass is 261 g/mol. The minimum absolute atomic E-state index is 0.628. The van der Waals surface area contributed by atoms with E-state index in [1.54, 1.807) is 7.11 Å². The number of nitrogens with one attached hydrogen (secondary N) is 1. The van der Waals surface area contributed by atoms with Crippen molar-refractivity contribution in [3.8, 4) is 5.88 Å². The predicted molar refractivity (Wildman–Crippen MR) is 76.8 cm³/mol. The summed E-state index contributed by atoms with van der Waals surface area (Å²) < 4.78 is 5.25. The van der Waals surface area contributed by atoms with Crippen molar-refractivity contribution in [3.63, 3.8) is 0 Å². The maximum absolute atomic E-state index is 5.25. The Morgan fingerprint density at radius 2 is 2.26 bits per heavy atom. The number of rotatable bonds is 3. The van der Waals surface area contributed by atoms with Crippen molar-refractivity contribution < 1.29 is 4.74 Å². The molecule has 2 saturated heterocycles. The van der Waals surface area contributed by atoms with E-state index in [0.717, 1.165) is 6.54 Å². The second-order valence-electron chi connectivity index (χ2n) is 5.52. The second kappa shape index (κ2) is 5.78. The summed E-state index contributed by atoms with van der Waals surface area (Å²) in [5.41, 5.74) is 1.25. The molecule has 2 fully saturated rings. The van der Waals surface area contributed by atoms with Crippen LogP contribution in [-0.2, 0) is 0 Å². The van der Waals surface area contributed by atoms with Gasteiger partial charge in [0, 0.05) is 36.6 Å². The average molecular weight is 261 g/mol. The van der Waals surface area contributed by atoms with Crippen LogP contribution >= 0.6 is 0 Å². The largest absolute Gasteiger partial charge is 0.481 e. The lowest BCUT2D eigenvalue weighted by atomic mass is 9.94. The van der Waals surface area contributed by atoms with E-state index in [0.29, 0.717) is 18.0 Å². The second-order valence-corrected chi connectivity index (χ2v) is 5.52. The van der Waals surface area contributed by atoms with Crippen LogP contribution in [0.25, 0.3) is 0 Å². The minimum atomic E-state index is 0.628. The lowest BCUT2D eigenvalue weighted by molar-refractivity contribution is 0.375. The van der Waals surface area contributed by atoms with Gasteiger partial charge in [0.1, 0.15) is 0 Å². The Morgan fingerprint density at radius 3 is 3.05 bits per heavy atom. The third-order valence-corrected chi connectivity index (χ3v) is 4.37. The summed E-state index contributed by atoms with van der Waals surface area (Å²) in [5.74, 6) is 0.709. The zero-order chi connectivity index (χ0) is 13.1. The van der Waals surface area contributed by atoms with E-state index in [2.05, 4.69) is 27.3 Å². The molecule has 2 atom stereocenters. The molecule has 104 valence electrons. The van der Waals surface area contributed by atoms with Crippen LogP contribution in [0.2, 0.25) is 0 Å². The third-order valence-electron chi connectivity index (χ3n) is 4.37. The third kappa shape index (κ3) is 2.68. The van der Waals surface area contributed by atoms with Gasteiger partial charge in [0.15, 0.2) is 0 Å². The number of pyridine rings is 1. The topological polar surface area (TPSA) is 37.4 Å². The van der Waals surface area contributed by atoms with Crippen molar-refractivity contribution in [2.45, 2.75) is 44.2 Å². The van der Waals surface area contributed by atoms with Crippen molar-refractivity contribution in [2.24, 2.45) is 0 Å². The number of anilines is 1. The molecule has 0 radical (unpaired) electrons. The quantitative estimate of drug-likeness (QED) is 0.905. The molecule has 3 rings (SSSR count). The van der Waals surface area contributed by atoms with E-state index in [1.807, 2.05) is 6.20 Å². The summed E-state index contributed by atoms with van der Waals surface area (Å²) in [6.07, 6.45) is 8.40. The fourth-order valence-corrected chi connectivity index (χ4v) is 3.43. The minimum Gasteiger partial charge on any atom is -0.481 e. The highest BCUT2D eigenvalue weighted by Crippen LogP contribution is 2.30. The Hall–Kier alpha value is -1.29. The lowest BCUT2D eigenvalue weighted by Crippen LogP contribution is -2.50. The first kappa shape index (κ1) is 12.7. The van der Waals surface area contributed by atoms with Gasteiger partial charge in [0.2, 0.25) is 5.88 Å². The van der Waals surface area contributed by atoms with Gasteiger partial charge >= 0.3 is 0 Å². The molecule has 0 aromatic carbocycles. The maximum Gasteiger partial charge on any atom is 0.214 e. The summed E-state index contributed by atoms with van der Waals surface area (Å²) in [5, 5.41) is 3.67. The van der Waals surface area contributed by atoms with Gasteiger partial charge in [0.25, 0.3) is 0 Å². The average Bonchev–Trinajstić information content (AvgIpc) is 3.01. The zero-order valence-electron chi connectivity index (χ0n) is 11.6. The van der Waals surface area contributed by atoms with Crippen LogP contribution in [0.3, 0.4) is 0 Å². The van der Waals surface area contributed by atoms with Crippen LogP contribution in [0.5, 0.6) is 5.88 Å². The summed E-state index contributed by atoms with van der Waals surface area (Å²) in [4.78, 5) is 6.76.